The highest BCUT2D eigenvalue weighted by atomic mass is 35.5. The van der Waals surface area contributed by atoms with Crippen molar-refractivity contribution in [3.63, 3.8) is 0 Å². The van der Waals surface area contributed by atoms with Crippen LogP contribution in [0.15, 0.2) is 18.2 Å². The first-order chi connectivity index (χ1) is 8.45. The van der Waals surface area contributed by atoms with Crippen LogP contribution in [-0.2, 0) is 4.79 Å². The van der Waals surface area contributed by atoms with E-state index in [4.69, 9.17) is 21.8 Å². The van der Waals surface area contributed by atoms with Crippen LogP contribution in [0.4, 0.5) is 0 Å². The minimum absolute atomic E-state index is 0.0341. The standard InChI is InChI=1S/C12H14ClNO4/c1-7-6-8(2-3-9(7)13)11(16)14-10(4-5-15)12(17)18/h2-3,6,10,15H,4-5H2,1H3,(H,14,16)(H,17,18)/t10-/m1/s1. The smallest absolute Gasteiger partial charge is 0.326 e. The number of benzene rings is 1. The van der Waals surface area contributed by atoms with Crippen molar-refractivity contribution in [3.8, 4) is 0 Å². The molecule has 18 heavy (non-hydrogen) atoms. The zero-order valence-corrected chi connectivity index (χ0v) is 10.6. The summed E-state index contributed by atoms with van der Waals surface area (Å²) in [4.78, 5) is 22.6. The maximum atomic E-state index is 11.8. The lowest BCUT2D eigenvalue weighted by Gasteiger charge is -2.13. The Morgan fingerprint density at radius 1 is 1.44 bits per heavy atom. The van der Waals surface area contributed by atoms with Crippen LogP contribution in [0.5, 0.6) is 0 Å². The molecule has 5 nitrogen and oxygen atoms in total. The summed E-state index contributed by atoms with van der Waals surface area (Å²) in [7, 11) is 0. The van der Waals surface area contributed by atoms with E-state index in [0.717, 1.165) is 5.56 Å². The van der Waals surface area contributed by atoms with Crippen molar-refractivity contribution in [2.24, 2.45) is 0 Å². The van der Waals surface area contributed by atoms with E-state index in [1.54, 1.807) is 19.1 Å². The van der Waals surface area contributed by atoms with Crippen molar-refractivity contribution in [2.45, 2.75) is 19.4 Å². The zero-order valence-electron chi connectivity index (χ0n) is 9.81. The van der Waals surface area contributed by atoms with Crippen molar-refractivity contribution in [2.75, 3.05) is 6.61 Å². The highest BCUT2D eigenvalue weighted by Crippen LogP contribution is 2.16. The van der Waals surface area contributed by atoms with E-state index in [0.29, 0.717) is 10.6 Å². The quantitative estimate of drug-likeness (QED) is 0.751. The largest absolute Gasteiger partial charge is 0.480 e. The van der Waals surface area contributed by atoms with E-state index in [-0.39, 0.29) is 13.0 Å². The summed E-state index contributed by atoms with van der Waals surface area (Å²) < 4.78 is 0. The van der Waals surface area contributed by atoms with Crippen molar-refractivity contribution in [1.29, 1.82) is 0 Å². The van der Waals surface area contributed by atoms with Gasteiger partial charge in [-0.05, 0) is 30.7 Å². The SMILES string of the molecule is Cc1cc(C(=O)N[C@H](CCO)C(=O)O)ccc1Cl. The molecule has 0 heterocycles. The van der Waals surface area contributed by atoms with Crippen LogP contribution >= 0.6 is 11.6 Å². The summed E-state index contributed by atoms with van der Waals surface area (Å²) in [5.41, 5.74) is 1.07. The number of halogens is 1. The monoisotopic (exact) mass is 271 g/mol. The van der Waals surface area contributed by atoms with Crippen LogP contribution in [0, 0.1) is 6.92 Å². The van der Waals surface area contributed by atoms with Crippen LogP contribution in [-0.4, -0.2) is 34.7 Å². The third kappa shape index (κ3) is 3.72. The number of carboxylic acids is 1. The molecule has 98 valence electrons. The van der Waals surface area contributed by atoms with E-state index in [1.165, 1.54) is 6.07 Å². The summed E-state index contributed by atoms with van der Waals surface area (Å²) in [6, 6.07) is 3.57. The molecule has 0 bridgehead atoms. The van der Waals surface area contributed by atoms with Gasteiger partial charge in [0.05, 0.1) is 0 Å². The molecule has 0 radical (unpaired) electrons. The maximum absolute atomic E-state index is 11.8. The minimum atomic E-state index is -1.18. The Hall–Kier alpha value is -1.59. The summed E-state index contributed by atoms with van der Waals surface area (Å²) >= 11 is 5.83. The molecule has 0 aromatic heterocycles. The molecule has 0 saturated heterocycles. The Labute approximate surface area is 109 Å². The molecular weight excluding hydrogens is 258 g/mol. The summed E-state index contributed by atoms with van der Waals surface area (Å²) in [6.07, 6.45) is -0.0341. The molecule has 3 N–H and O–H groups in total. The lowest BCUT2D eigenvalue weighted by Crippen LogP contribution is -2.41. The fraction of sp³-hybridized carbons (Fsp3) is 0.333. The second-order valence-corrected chi connectivity index (χ2v) is 4.25. The van der Waals surface area contributed by atoms with E-state index >= 15 is 0 Å². The lowest BCUT2D eigenvalue weighted by atomic mass is 10.1. The molecule has 0 fully saturated rings. The molecule has 1 amide bonds. The highest BCUT2D eigenvalue weighted by Gasteiger charge is 2.20. The predicted molar refractivity (Wildman–Crippen MR) is 66.8 cm³/mol. The zero-order chi connectivity index (χ0) is 13.7. The van der Waals surface area contributed by atoms with Crippen molar-refractivity contribution in [3.05, 3.63) is 34.3 Å². The molecule has 0 saturated carbocycles. The van der Waals surface area contributed by atoms with Crippen LogP contribution in [0.2, 0.25) is 5.02 Å². The lowest BCUT2D eigenvalue weighted by molar-refractivity contribution is -0.139. The van der Waals surface area contributed by atoms with Gasteiger partial charge in [0.15, 0.2) is 0 Å². The van der Waals surface area contributed by atoms with Gasteiger partial charge in [-0.25, -0.2) is 4.79 Å². The van der Waals surface area contributed by atoms with Gasteiger partial charge >= 0.3 is 5.97 Å². The van der Waals surface area contributed by atoms with Crippen molar-refractivity contribution < 1.29 is 19.8 Å². The molecule has 0 aliphatic rings. The summed E-state index contributed by atoms with van der Waals surface area (Å²) in [5, 5.41) is 20.4. The molecule has 0 spiro atoms. The Bertz CT molecular complexity index is 461. The van der Waals surface area contributed by atoms with Crippen LogP contribution in [0.3, 0.4) is 0 Å². The second-order valence-electron chi connectivity index (χ2n) is 3.84. The molecule has 0 unspecified atom stereocenters. The number of aliphatic hydroxyl groups is 1. The van der Waals surface area contributed by atoms with Crippen molar-refractivity contribution >= 4 is 23.5 Å². The van der Waals surface area contributed by atoms with Gasteiger partial charge in [0.2, 0.25) is 0 Å². The van der Waals surface area contributed by atoms with Gasteiger partial charge in [0.1, 0.15) is 6.04 Å². The molecule has 0 aliphatic heterocycles. The molecule has 1 rings (SSSR count). The first-order valence-corrected chi connectivity index (χ1v) is 5.74. The molecule has 1 atom stereocenters. The number of carbonyl (C=O) groups excluding carboxylic acids is 1. The average Bonchev–Trinajstić information content (AvgIpc) is 2.31. The Kier molecular flexibility index (Phi) is 5.12. The number of amides is 1. The van der Waals surface area contributed by atoms with Gasteiger partial charge in [0, 0.05) is 23.6 Å². The molecule has 1 aromatic rings. The Balaban J connectivity index is 2.80. The molecule has 1 aromatic carbocycles. The van der Waals surface area contributed by atoms with Gasteiger partial charge in [-0.15, -0.1) is 0 Å². The fourth-order valence-electron chi connectivity index (χ4n) is 1.41. The third-order valence-corrected chi connectivity index (χ3v) is 2.87. The van der Waals surface area contributed by atoms with E-state index in [2.05, 4.69) is 5.32 Å². The van der Waals surface area contributed by atoms with Gasteiger partial charge in [0.25, 0.3) is 5.91 Å². The predicted octanol–water partition coefficient (Wildman–Crippen LogP) is 1.21. The van der Waals surface area contributed by atoms with E-state index < -0.39 is 17.9 Å². The number of nitrogens with one attached hydrogen (secondary N) is 1. The van der Waals surface area contributed by atoms with E-state index in [9.17, 15) is 9.59 Å². The van der Waals surface area contributed by atoms with Gasteiger partial charge in [-0.1, -0.05) is 11.6 Å². The Morgan fingerprint density at radius 2 is 2.11 bits per heavy atom. The number of hydrogen-bond acceptors (Lipinski definition) is 3. The third-order valence-electron chi connectivity index (χ3n) is 2.44. The molecule has 0 aliphatic carbocycles. The summed E-state index contributed by atoms with van der Waals surface area (Å²) in [6.45, 7) is 1.44. The number of rotatable bonds is 5. The number of aliphatic carboxylic acids is 1. The Morgan fingerprint density at radius 3 is 2.61 bits per heavy atom. The second kappa shape index (κ2) is 6.37. The first-order valence-electron chi connectivity index (χ1n) is 5.36. The first kappa shape index (κ1) is 14.5. The summed E-state index contributed by atoms with van der Waals surface area (Å²) in [5.74, 6) is -1.68. The minimum Gasteiger partial charge on any atom is -0.480 e. The normalized spacial score (nSPS) is 11.9. The number of carboxylic acid groups (broad SMARTS) is 1. The van der Waals surface area contributed by atoms with Crippen molar-refractivity contribution in [1.82, 2.24) is 5.32 Å². The van der Waals surface area contributed by atoms with Crippen LogP contribution in [0.1, 0.15) is 22.3 Å². The molecule has 6 heteroatoms. The average molecular weight is 272 g/mol. The maximum Gasteiger partial charge on any atom is 0.326 e. The number of carbonyl (C=O) groups is 2. The van der Waals surface area contributed by atoms with E-state index in [1.807, 2.05) is 0 Å². The number of hydrogen-bond donors (Lipinski definition) is 3. The topological polar surface area (TPSA) is 86.6 Å². The highest BCUT2D eigenvalue weighted by molar-refractivity contribution is 6.31. The number of aliphatic hydroxyl groups excluding tert-OH is 1. The van der Waals surface area contributed by atoms with Gasteiger partial charge in [-0.3, -0.25) is 4.79 Å². The van der Waals surface area contributed by atoms with Gasteiger partial charge < -0.3 is 15.5 Å². The molecular formula is C12H14ClNO4. The number of aryl methyl sites for hydroxylation is 1. The fourth-order valence-corrected chi connectivity index (χ4v) is 1.53. The van der Waals surface area contributed by atoms with Crippen LogP contribution < -0.4 is 5.32 Å². The van der Waals surface area contributed by atoms with Gasteiger partial charge in [-0.2, -0.15) is 0 Å². The van der Waals surface area contributed by atoms with Crippen LogP contribution in [0.25, 0.3) is 0 Å².